The Labute approximate surface area is 137 Å². The minimum Gasteiger partial charge on any atom is -0.325 e. The van der Waals surface area contributed by atoms with Crippen LogP contribution in [0.1, 0.15) is 5.69 Å². The van der Waals surface area contributed by atoms with E-state index in [0.29, 0.717) is 15.0 Å². The van der Waals surface area contributed by atoms with E-state index < -0.39 is 5.82 Å². The van der Waals surface area contributed by atoms with Crippen LogP contribution in [0.4, 0.5) is 10.1 Å². The molecule has 0 aliphatic heterocycles. The van der Waals surface area contributed by atoms with Crippen molar-refractivity contribution in [3.8, 4) is 0 Å². The summed E-state index contributed by atoms with van der Waals surface area (Å²) in [6.45, 7) is 1.56. The highest BCUT2D eigenvalue weighted by atomic mass is 32.2. The van der Waals surface area contributed by atoms with Crippen LogP contribution in [0.5, 0.6) is 0 Å². The third kappa shape index (κ3) is 3.54. The van der Waals surface area contributed by atoms with Crippen LogP contribution < -0.4 is 10.9 Å². The maximum absolute atomic E-state index is 13.0. The van der Waals surface area contributed by atoms with Crippen LogP contribution in [0.2, 0.25) is 0 Å². The van der Waals surface area contributed by atoms with Gasteiger partial charge in [-0.15, -0.1) is 15.3 Å². The third-order valence-electron chi connectivity index (χ3n) is 2.76. The standard InChI is InChI=1S/C13H10FN5O2S2/c1-7-11(21)19-12(17-16-7)23-13(18-19)22-6-10(20)15-9-4-2-3-8(14)5-9/h2-5H,6H2,1H3,(H,15,20). The second-order valence-electron chi connectivity index (χ2n) is 4.50. The number of benzene rings is 1. The Hall–Kier alpha value is -2.33. The van der Waals surface area contributed by atoms with Crippen molar-refractivity contribution in [2.75, 3.05) is 11.1 Å². The molecule has 0 saturated carbocycles. The van der Waals surface area contributed by atoms with Gasteiger partial charge in [-0.05, 0) is 25.1 Å². The van der Waals surface area contributed by atoms with Crippen molar-refractivity contribution in [2.24, 2.45) is 0 Å². The number of nitrogens with zero attached hydrogens (tertiary/aromatic N) is 4. The van der Waals surface area contributed by atoms with Crippen LogP contribution in [0, 0.1) is 12.7 Å². The summed E-state index contributed by atoms with van der Waals surface area (Å²) in [7, 11) is 0. The lowest BCUT2D eigenvalue weighted by atomic mass is 10.3. The van der Waals surface area contributed by atoms with Gasteiger partial charge in [-0.1, -0.05) is 29.2 Å². The average Bonchev–Trinajstić information content (AvgIpc) is 2.93. The summed E-state index contributed by atoms with van der Waals surface area (Å²) in [6.07, 6.45) is 0. The average molecular weight is 351 g/mol. The normalized spacial score (nSPS) is 10.9. The van der Waals surface area contributed by atoms with E-state index in [0.717, 1.165) is 0 Å². The van der Waals surface area contributed by atoms with Gasteiger partial charge in [0, 0.05) is 5.69 Å². The van der Waals surface area contributed by atoms with E-state index in [2.05, 4.69) is 20.6 Å². The molecule has 1 N–H and O–H groups in total. The van der Waals surface area contributed by atoms with E-state index in [1.807, 2.05) is 0 Å². The number of aromatic nitrogens is 4. The minimum absolute atomic E-state index is 0.0808. The van der Waals surface area contributed by atoms with Crippen LogP contribution >= 0.6 is 23.1 Å². The molecule has 1 amide bonds. The molecule has 2 aromatic heterocycles. The lowest BCUT2D eigenvalue weighted by molar-refractivity contribution is -0.113. The summed E-state index contributed by atoms with van der Waals surface area (Å²) in [5.74, 6) is -0.637. The maximum Gasteiger partial charge on any atom is 0.296 e. The molecule has 0 radical (unpaired) electrons. The minimum atomic E-state index is -0.421. The highest BCUT2D eigenvalue weighted by Gasteiger charge is 2.11. The predicted octanol–water partition coefficient (Wildman–Crippen LogP) is 1.72. The molecule has 0 aliphatic rings. The predicted molar refractivity (Wildman–Crippen MR) is 85.4 cm³/mol. The molecule has 3 rings (SSSR count). The van der Waals surface area contributed by atoms with Gasteiger partial charge in [0.15, 0.2) is 4.34 Å². The van der Waals surface area contributed by atoms with Crippen LogP contribution in [0.15, 0.2) is 33.4 Å². The number of carbonyl (C=O) groups is 1. The highest BCUT2D eigenvalue weighted by Crippen LogP contribution is 2.23. The first-order valence-corrected chi connectivity index (χ1v) is 8.24. The fraction of sp³-hybridized carbons (Fsp3) is 0.154. The van der Waals surface area contributed by atoms with Crippen molar-refractivity contribution in [1.82, 2.24) is 19.8 Å². The van der Waals surface area contributed by atoms with Gasteiger partial charge in [0.2, 0.25) is 10.9 Å². The zero-order chi connectivity index (χ0) is 16.4. The number of aryl methyl sites for hydroxylation is 1. The molecular weight excluding hydrogens is 341 g/mol. The molecule has 0 spiro atoms. The quantitative estimate of drug-likeness (QED) is 0.720. The van der Waals surface area contributed by atoms with Crippen molar-refractivity contribution >= 4 is 39.7 Å². The van der Waals surface area contributed by atoms with Crippen LogP contribution in [-0.2, 0) is 4.79 Å². The van der Waals surface area contributed by atoms with Gasteiger partial charge in [0.1, 0.15) is 11.5 Å². The fourth-order valence-electron chi connectivity index (χ4n) is 1.72. The molecule has 0 aliphatic carbocycles. The number of hydrogen-bond donors (Lipinski definition) is 1. The topological polar surface area (TPSA) is 89.2 Å². The maximum atomic E-state index is 13.0. The molecule has 0 saturated heterocycles. The molecule has 7 nitrogen and oxygen atoms in total. The van der Waals surface area contributed by atoms with Crippen molar-refractivity contribution in [2.45, 2.75) is 11.3 Å². The summed E-state index contributed by atoms with van der Waals surface area (Å²) < 4.78 is 14.7. The molecule has 0 unspecified atom stereocenters. The van der Waals surface area contributed by atoms with Gasteiger partial charge in [-0.3, -0.25) is 9.59 Å². The van der Waals surface area contributed by atoms with Crippen molar-refractivity contribution in [3.63, 3.8) is 0 Å². The summed E-state index contributed by atoms with van der Waals surface area (Å²) in [5.41, 5.74) is 0.313. The van der Waals surface area contributed by atoms with Crippen LogP contribution in [0.25, 0.3) is 4.96 Å². The van der Waals surface area contributed by atoms with Gasteiger partial charge in [0.05, 0.1) is 5.75 Å². The Morgan fingerprint density at radius 1 is 1.43 bits per heavy atom. The van der Waals surface area contributed by atoms with Gasteiger partial charge in [-0.25, -0.2) is 4.39 Å². The molecule has 23 heavy (non-hydrogen) atoms. The number of amides is 1. The lowest BCUT2D eigenvalue weighted by Gasteiger charge is -2.03. The first kappa shape index (κ1) is 15.6. The van der Waals surface area contributed by atoms with E-state index in [9.17, 15) is 14.0 Å². The molecule has 118 valence electrons. The fourth-order valence-corrected chi connectivity index (χ4v) is 3.40. The SMILES string of the molecule is Cc1nnc2sc(SCC(=O)Nc3cccc(F)c3)nn2c1=O. The van der Waals surface area contributed by atoms with E-state index in [1.165, 1.54) is 45.8 Å². The largest absolute Gasteiger partial charge is 0.325 e. The second-order valence-corrected chi connectivity index (χ2v) is 6.68. The summed E-state index contributed by atoms with van der Waals surface area (Å²) in [6, 6.07) is 5.64. The number of anilines is 1. The first-order valence-electron chi connectivity index (χ1n) is 6.44. The Balaban J connectivity index is 1.67. The van der Waals surface area contributed by atoms with Crippen molar-refractivity contribution < 1.29 is 9.18 Å². The molecule has 0 atom stereocenters. The molecule has 2 heterocycles. The van der Waals surface area contributed by atoms with Crippen molar-refractivity contribution in [3.05, 3.63) is 46.1 Å². The number of thioether (sulfide) groups is 1. The number of carbonyl (C=O) groups excluding carboxylic acids is 1. The molecule has 0 fully saturated rings. The van der Waals surface area contributed by atoms with Gasteiger partial charge >= 0.3 is 0 Å². The van der Waals surface area contributed by atoms with E-state index in [1.54, 1.807) is 13.0 Å². The molecule has 10 heteroatoms. The third-order valence-corrected chi connectivity index (χ3v) is 4.80. The van der Waals surface area contributed by atoms with Crippen LogP contribution in [-0.4, -0.2) is 31.5 Å². The zero-order valence-corrected chi connectivity index (χ0v) is 13.4. The number of nitrogens with one attached hydrogen (secondary N) is 1. The monoisotopic (exact) mass is 351 g/mol. The Bertz CT molecular complexity index is 940. The van der Waals surface area contributed by atoms with Gasteiger partial charge in [-0.2, -0.15) is 4.52 Å². The van der Waals surface area contributed by atoms with Gasteiger partial charge < -0.3 is 5.32 Å². The number of halogens is 1. The number of fused-ring (bicyclic) bond motifs is 1. The zero-order valence-electron chi connectivity index (χ0n) is 11.8. The van der Waals surface area contributed by atoms with Crippen molar-refractivity contribution in [1.29, 1.82) is 0 Å². The first-order chi connectivity index (χ1) is 11.0. The molecule has 1 aromatic carbocycles. The Morgan fingerprint density at radius 2 is 2.26 bits per heavy atom. The molecule has 0 bridgehead atoms. The lowest BCUT2D eigenvalue weighted by Crippen LogP contribution is -2.19. The van der Waals surface area contributed by atoms with E-state index >= 15 is 0 Å². The summed E-state index contributed by atoms with van der Waals surface area (Å²) >= 11 is 2.34. The summed E-state index contributed by atoms with van der Waals surface area (Å²) in [4.78, 5) is 24.1. The number of rotatable bonds is 4. The highest BCUT2D eigenvalue weighted by molar-refractivity contribution is 8.01. The molecular formula is C13H10FN5O2S2. The van der Waals surface area contributed by atoms with Gasteiger partial charge in [0.25, 0.3) is 5.56 Å². The van der Waals surface area contributed by atoms with E-state index in [-0.39, 0.29) is 22.9 Å². The smallest absolute Gasteiger partial charge is 0.296 e. The summed E-state index contributed by atoms with van der Waals surface area (Å²) in [5, 5.41) is 14.3. The molecule has 3 aromatic rings. The van der Waals surface area contributed by atoms with Crippen LogP contribution in [0.3, 0.4) is 0 Å². The Kier molecular flexibility index (Phi) is 4.35. The Morgan fingerprint density at radius 3 is 3.04 bits per heavy atom. The number of hydrogen-bond acceptors (Lipinski definition) is 7. The second kappa shape index (κ2) is 6.42. The van der Waals surface area contributed by atoms with E-state index in [4.69, 9.17) is 0 Å².